The number of aryl methyl sites for hydroxylation is 1. The number of pyridine rings is 1. The normalized spacial score (nSPS) is 11.6. The zero-order chi connectivity index (χ0) is 12.2. The van der Waals surface area contributed by atoms with Gasteiger partial charge in [0.2, 0.25) is 0 Å². The van der Waals surface area contributed by atoms with Gasteiger partial charge in [-0.15, -0.1) is 0 Å². The van der Waals surface area contributed by atoms with E-state index >= 15 is 0 Å². The van der Waals surface area contributed by atoms with E-state index in [4.69, 9.17) is 4.74 Å². The van der Waals surface area contributed by atoms with E-state index in [-0.39, 0.29) is 5.75 Å². The van der Waals surface area contributed by atoms with Gasteiger partial charge >= 0.3 is 6.18 Å². The molecule has 0 aliphatic carbocycles. The molecule has 0 fully saturated rings. The van der Waals surface area contributed by atoms with Gasteiger partial charge in [-0.25, -0.2) is 4.98 Å². The van der Waals surface area contributed by atoms with Gasteiger partial charge in [0.25, 0.3) is 0 Å². The number of unbranched alkanes of at least 4 members (excludes halogenated alkanes) is 1. The highest BCUT2D eigenvalue weighted by atomic mass is 19.4. The molecule has 0 N–H and O–H groups in total. The second-order valence-corrected chi connectivity index (χ2v) is 3.50. The summed E-state index contributed by atoms with van der Waals surface area (Å²) in [4.78, 5) is 3.42. The van der Waals surface area contributed by atoms with Crippen molar-refractivity contribution in [3.8, 4) is 5.75 Å². The SMILES string of the molecule is CCCCc1cnc(C(F)(F)F)c(OC)c1. The molecular weight excluding hydrogens is 219 g/mol. The second kappa shape index (κ2) is 5.18. The Kier molecular flexibility index (Phi) is 4.15. The lowest BCUT2D eigenvalue weighted by molar-refractivity contribution is -0.142. The first-order chi connectivity index (χ1) is 7.49. The van der Waals surface area contributed by atoms with Crippen LogP contribution in [0.4, 0.5) is 13.2 Å². The van der Waals surface area contributed by atoms with Crippen molar-refractivity contribution < 1.29 is 17.9 Å². The molecule has 0 spiro atoms. The summed E-state index contributed by atoms with van der Waals surface area (Å²) in [5.41, 5.74) is -0.193. The van der Waals surface area contributed by atoms with Gasteiger partial charge in [-0.1, -0.05) is 13.3 Å². The zero-order valence-corrected chi connectivity index (χ0v) is 9.27. The van der Waals surface area contributed by atoms with Crippen molar-refractivity contribution >= 4 is 0 Å². The number of ether oxygens (including phenoxy) is 1. The van der Waals surface area contributed by atoms with Gasteiger partial charge in [-0.2, -0.15) is 13.2 Å². The summed E-state index contributed by atoms with van der Waals surface area (Å²) in [5.74, 6) is -0.207. The third-order valence-corrected chi connectivity index (χ3v) is 2.22. The lowest BCUT2D eigenvalue weighted by atomic mass is 10.1. The largest absolute Gasteiger partial charge is 0.494 e. The molecule has 1 aromatic rings. The minimum atomic E-state index is -4.46. The highest BCUT2D eigenvalue weighted by molar-refractivity contribution is 5.33. The van der Waals surface area contributed by atoms with Crippen LogP contribution in [0.1, 0.15) is 31.0 Å². The summed E-state index contributed by atoms with van der Waals surface area (Å²) in [6, 6.07) is 1.41. The molecule has 0 saturated heterocycles. The average molecular weight is 233 g/mol. The predicted molar refractivity (Wildman–Crippen MR) is 54.4 cm³/mol. The molecule has 2 nitrogen and oxygen atoms in total. The summed E-state index contributed by atoms with van der Waals surface area (Å²) >= 11 is 0. The van der Waals surface area contributed by atoms with E-state index in [1.54, 1.807) is 0 Å². The molecule has 0 aliphatic rings. The number of methoxy groups -OCH3 is 1. The van der Waals surface area contributed by atoms with Crippen LogP contribution in [0.15, 0.2) is 12.3 Å². The fourth-order valence-electron chi connectivity index (χ4n) is 1.37. The molecule has 1 heterocycles. The molecule has 1 rings (SSSR count). The molecule has 0 aromatic carbocycles. The molecule has 0 saturated carbocycles. The molecule has 16 heavy (non-hydrogen) atoms. The quantitative estimate of drug-likeness (QED) is 0.794. The van der Waals surface area contributed by atoms with E-state index in [0.717, 1.165) is 24.8 Å². The van der Waals surface area contributed by atoms with E-state index in [2.05, 4.69) is 4.98 Å². The van der Waals surface area contributed by atoms with Crippen molar-refractivity contribution in [2.45, 2.75) is 32.4 Å². The van der Waals surface area contributed by atoms with Crippen molar-refractivity contribution in [1.82, 2.24) is 4.98 Å². The maximum absolute atomic E-state index is 12.5. The molecule has 0 amide bonds. The first-order valence-corrected chi connectivity index (χ1v) is 5.09. The molecule has 90 valence electrons. The van der Waals surface area contributed by atoms with Crippen LogP contribution in [-0.2, 0) is 12.6 Å². The fraction of sp³-hybridized carbons (Fsp3) is 0.545. The Morgan fingerprint density at radius 2 is 2.06 bits per heavy atom. The van der Waals surface area contributed by atoms with Gasteiger partial charge in [-0.3, -0.25) is 0 Å². The van der Waals surface area contributed by atoms with Crippen molar-refractivity contribution in [3.05, 3.63) is 23.5 Å². The van der Waals surface area contributed by atoms with Crippen LogP contribution in [0.5, 0.6) is 5.75 Å². The number of aromatic nitrogens is 1. The molecular formula is C11H14F3NO. The molecule has 0 unspecified atom stereocenters. The van der Waals surface area contributed by atoms with Gasteiger partial charge in [-0.05, 0) is 24.5 Å². The van der Waals surface area contributed by atoms with Crippen molar-refractivity contribution in [2.24, 2.45) is 0 Å². The Bertz CT molecular complexity index is 350. The molecule has 5 heteroatoms. The number of halogens is 3. The van der Waals surface area contributed by atoms with Crippen LogP contribution in [0.2, 0.25) is 0 Å². The Balaban J connectivity index is 2.98. The Morgan fingerprint density at radius 3 is 2.56 bits per heavy atom. The van der Waals surface area contributed by atoms with Gasteiger partial charge in [0, 0.05) is 6.20 Å². The van der Waals surface area contributed by atoms with Crippen LogP contribution < -0.4 is 4.74 Å². The summed E-state index contributed by atoms with van der Waals surface area (Å²) in [6.07, 6.45) is -0.562. The van der Waals surface area contributed by atoms with Gasteiger partial charge in [0.15, 0.2) is 5.69 Å². The zero-order valence-electron chi connectivity index (χ0n) is 9.27. The molecule has 0 atom stereocenters. The number of hydrogen-bond donors (Lipinski definition) is 0. The Hall–Kier alpha value is -1.26. The first kappa shape index (κ1) is 12.8. The number of hydrogen-bond acceptors (Lipinski definition) is 2. The minimum Gasteiger partial charge on any atom is -0.494 e. The topological polar surface area (TPSA) is 22.1 Å². The Morgan fingerprint density at radius 1 is 1.38 bits per heavy atom. The fourth-order valence-corrected chi connectivity index (χ4v) is 1.37. The van der Waals surface area contributed by atoms with Crippen LogP contribution >= 0.6 is 0 Å². The lowest BCUT2D eigenvalue weighted by Gasteiger charge is -2.11. The van der Waals surface area contributed by atoms with E-state index in [0.29, 0.717) is 0 Å². The number of rotatable bonds is 4. The summed E-state index contributed by atoms with van der Waals surface area (Å²) < 4.78 is 42.1. The Labute approximate surface area is 92.5 Å². The first-order valence-electron chi connectivity index (χ1n) is 5.09. The standard InChI is InChI=1S/C11H14F3NO/c1-3-4-5-8-6-9(16-2)10(15-7-8)11(12,13)14/h6-7H,3-5H2,1-2H3. The van der Waals surface area contributed by atoms with Crippen molar-refractivity contribution in [1.29, 1.82) is 0 Å². The van der Waals surface area contributed by atoms with Crippen LogP contribution in [0.3, 0.4) is 0 Å². The summed E-state index contributed by atoms with van der Waals surface area (Å²) in [7, 11) is 1.22. The highest BCUT2D eigenvalue weighted by Gasteiger charge is 2.36. The number of nitrogens with zero attached hydrogens (tertiary/aromatic N) is 1. The van der Waals surface area contributed by atoms with Gasteiger partial charge in [0.05, 0.1) is 7.11 Å². The van der Waals surface area contributed by atoms with E-state index < -0.39 is 11.9 Å². The average Bonchev–Trinajstić information content (AvgIpc) is 2.24. The summed E-state index contributed by atoms with van der Waals surface area (Å²) in [6.45, 7) is 2.02. The van der Waals surface area contributed by atoms with Crippen LogP contribution in [0.25, 0.3) is 0 Å². The van der Waals surface area contributed by atoms with Crippen molar-refractivity contribution in [2.75, 3.05) is 7.11 Å². The predicted octanol–water partition coefficient (Wildman–Crippen LogP) is 3.45. The minimum absolute atomic E-state index is 0.207. The third-order valence-electron chi connectivity index (χ3n) is 2.22. The highest BCUT2D eigenvalue weighted by Crippen LogP contribution is 2.34. The van der Waals surface area contributed by atoms with Crippen LogP contribution in [0, 0.1) is 0 Å². The van der Waals surface area contributed by atoms with Gasteiger partial charge in [0.1, 0.15) is 5.75 Å². The number of alkyl halides is 3. The molecule has 0 aliphatic heterocycles. The van der Waals surface area contributed by atoms with E-state index in [9.17, 15) is 13.2 Å². The second-order valence-electron chi connectivity index (χ2n) is 3.50. The maximum atomic E-state index is 12.5. The smallest absolute Gasteiger partial charge is 0.437 e. The molecule has 1 aromatic heterocycles. The van der Waals surface area contributed by atoms with Crippen LogP contribution in [-0.4, -0.2) is 12.1 Å². The van der Waals surface area contributed by atoms with E-state index in [1.807, 2.05) is 6.92 Å². The molecule has 0 radical (unpaired) electrons. The van der Waals surface area contributed by atoms with Crippen molar-refractivity contribution in [3.63, 3.8) is 0 Å². The third kappa shape index (κ3) is 3.12. The maximum Gasteiger partial charge on any atom is 0.437 e. The van der Waals surface area contributed by atoms with E-state index in [1.165, 1.54) is 19.4 Å². The monoisotopic (exact) mass is 233 g/mol. The summed E-state index contributed by atoms with van der Waals surface area (Å²) in [5, 5.41) is 0. The van der Waals surface area contributed by atoms with Gasteiger partial charge < -0.3 is 4.74 Å². The lowest BCUT2D eigenvalue weighted by Crippen LogP contribution is -2.10. The molecule has 0 bridgehead atoms.